The van der Waals surface area contributed by atoms with Gasteiger partial charge >= 0.3 is 0 Å². The van der Waals surface area contributed by atoms with Crippen molar-refractivity contribution in [3.8, 4) is 17.2 Å². The average molecular weight is 453 g/mol. The van der Waals surface area contributed by atoms with Crippen LogP contribution in [-0.2, 0) is 19.7 Å². The van der Waals surface area contributed by atoms with Crippen molar-refractivity contribution in [3.05, 3.63) is 89.5 Å². The van der Waals surface area contributed by atoms with Gasteiger partial charge in [-0.2, -0.15) is 4.68 Å². The largest absolute Gasteiger partial charge is 0.493 e. The van der Waals surface area contributed by atoms with Crippen LogP contribution in [0.5, 0.6) is 11.5 Å². The molecule has 0 unspecified atom stereocenters. The van der Waals surface area contributed by atoms with E-state index in [1.54, 1.807) is 24.2 Å². The van der Waals surface area contributed by atoms with E-state index in [0.717, 1.165) is 17.8 Å². The monoisotopic (exact) mass is 452 g/mol. The molecule has 0 saturated carbocycles. The topological polar surface area (TPSA) is 87.0 Å². The van der Waals surface area contributed by atoms with Crippen molar-refractivity contribution >= 4 is 12.4 Å². The van der Waals surface area contributed by atoms with E-state index in [1.807, 2.05) is 61.5 Å². The van der Waals surface area contributed by atoms with E-state index in [4.69, 9.17) is 9.47 Å². The molecule has 0 aliphatic carbocycles. The summed E-state index contributed by atoms with van der Waals surface area (Å²) in [6.45, 7) is 3.74. The Balaban J connectivity index is 0.00000289. The molecule has 0 radical (unpaired) electrons. The summed E-state index contributed by atoms with van der Waals surface area (Å²) in [7, 11) is 1.63. The summed E-state index contributed by atoms with van der Waals surface area (Å²) >= 11 is 0. The van der Waals surface area contributed by atoms with E-state index in [2.05, 4.69) is 25.8 Å². The van der Waals surface area contributed by atoms with Gasteiger partial charge in [0.05, 0.1) is 12.8 Å². The molecule has 0 spiro atoms. The highest BCUT2D eigenvalue weighted by atomic mass is 35.5. The van der Waals surface area contributed by atoms with Gasteiger partial charge in [0, 0.05) is 25.5 Å². The van der Waals surface area contributed by atoms with Crippen LogP contribution in [0.2, 0.25) is 0 Å². The fraction of sp³-hybridized carbons (Fsp3) is 0.217. The second-order valence-corrected chi connectivity index (χ2v) is 7.08. The third-order valence-corrected chi connectivity index (χ3v) is 4.81. The Morgan fingerprint density at radius 3 is 2.41 bits per heavy atom. The van der Waals surface area contributed by atoms with Gasteiger partial charge in [-0.3, -0.25) is 4.98 Å². The van der Waals surface area contributed by atoms with Gasteiger partial charge in [0.2, 0.25) is 0 Å². The number of hydrogen-bond donors (Lipinski definition) is 1. The van der Waals surface area contributed by atoms with E-state index in [9.17, 15) is 0 Å². The van der Waals surface area contributed by atoms with Gasteiger partial charge < -0.3 is 14.8 Å². The zero-order valence-electron chi connectivity index (χ0n) is 17.9. The minimum absolute atomic E-state index is 0. The second kappa shape index (κ2) is 11.2. The normalized spacial score (nSPS) is 10.4. The molecule has 0 aliphatic rings. The zero-order valence-corrected chi connectivity index (χ0v) is 18.7. The van der Waals surface area contributed by atoms with Gasteiger partial charge in [-0.1, -0.05) is 23.8 Å². The predicted molar refractivity (Wildman–Crippen MR) is 123 cm³/mol. The van der Waals surface area contributed by atoms with E-state index in [1.165, 1.54) is 11.1 Å². The van der Waals surface area contributed by atoms with Crippen molar-refractivity contribution in [3.63, 3.8) is 0 Å². The number of aromatic nitrogens is 5. The standard InChI is InChI=1S/C23H24N6O2.ClH/c1-17-3-6-20(7-4-17)29-23(26-27-28-29)16-31-21-8-5-19(13-22(21)30-2)15-25-14-18-9-11-24-12-10-18;/h3-13,25H,14-16H2,1-2H3;1H. The number of halogens is 1. The number of tetrazole rings is 1. The third-order valence-electron chi connectivity index (χ3n) is 4.81. The van der Waals surface area contributed by atoms with Gasteiger partial charge in [0.25, 0.3) is 0 Å². The summed E-state index contributed by atoms with van der Waals surface area (Å²) < 4.78 is 13.2. The number of pyridine rings is 1. The molecule has 2 aromatic carbocycles. The molecule has 4 aromatic rings. The number of methoxy groups -OCH3 is 1. The summed E-state index contributed by atoms with van der Waals surface area (Å²) in [5.41, 5.74) is 4.35. The lowest BCUT2D eigenvalue weighted by molar-refractivity contribution is 0.273. The minimum atomic E-state index is 0. The summed E-state index contributed by atoms with van der Waals surface area (Å²) in [5, 5.41) is 15.4. The molecule has 0 amide bonds. The second-order valence-electron chi connectivity index (χ2n) is 7.08. The molecule has 8 nitrogen and oxygen atoms in total. The minimum Gasteiger partial charge on any atom is -0.493 e. The van der Waals surface area contributed by atoms with E-state index < -0.39 is 0 Å². The number of aryl methyl sites for hydroxylation is 1. The molecule has 0 fully saturated rings. The Hall–Kier alpha value is -3.49. The first-order valence-electron chi connectivity index (χ1n) is 9.96. The predicted octanol–water partition coefficient (Wildman–Crippen LogP) is 3.66. The van der Waals surface area contributed by atoms with Crippen LogP contribution in [0.15, 0.2) is 67.0 Å². The molecule has 32 heavy (non-hydrogen) atoms. The molecule has 1 N–H and O–H groups in total. The quantitative estimate of drug-likeness (QED) is 0.414. The highest BCUT2D eigenvalue weighted by Gasteiger charge is 2.12. The van der Waals surface area contributed by atoms with Crippen LogP contribution in [0.1, 0.15) is 22.5 Å². The van der Waals surface area contributed by atoms with Crippen molar-refractivity contribution in [2.75, 3.05) is 7.11 Å². The highest BCUT2D eigenvalue weighted by Crippen LogP contribution is 2.29. The van der Waals surface area contributed by atoms with Gasteiger partial charge in [0.15, 0.2) is 23.9 Å². The first-order chi connectivity index (χ1) is 15.2. The Morgan fingerprint density at radius 1 is 0.906 bits per heavy atom. The van der Waals surface area contributed by atoms with Crippen LogP contribution in [0.3, 0.4) is 0 Å². The summed E-state index contributed by atoms with van der Waals surface area (Å²) in [4.78, 5) is 4.03. The Kier molecular flexibility index (Phi) is 8.13. The van der Waals surface area contributed by atoms with Crippen molar-refractivity contribution in [1.29, 1.82) is 0 Å². The van der Waals surface area contributed by atoms with Gasteiger partial charge in [0.1, 0.15) is 0 Å². The van der Waals surface area contributed by atoms with Crippen molar-refractivity contribution in [1.82, 2.24) is 30.5 Å². The molecule has 0 saturated heterocycles. The molecule has 0 bridgehead atoms. The van der Waals surface area contributed by atoms with E-state index in [0.29, 0.717) is 23.9 Å². The lowest BCUT2D eigenvalue weighted by Gasteiger charge is -2.13. The fourth-order valence-electron chi connectivity index (χ4n) is 3.12. The number of hydrogen-bond acceptors (Lipinski definition) is 7. The molecule has 0 atom stereocenters. The lowest BCUT2D eigenvalue weighted by Crippen LogP contribution is -2.13. The van der Waals surface area contributed by atoms with Crippen LogP contribution < -0.4 is 14.8 Å². The molecule has 2 aromatic heterocycles. The SMILES string of the molecule is COc1cc(CNCc2ccncc2)ccc1OCc1nnnn1-c1ccc(C)cc1.Cl. The van der Waals surface area contributed by atoms with Crippen LogP contribution in [0, 0.1) is 6.92 Å². The third kappa shape index (κ3) is 5.81. The maximum absolute atomic E-state index is 5.97. The highest BCUT2D eigenvalue weighted by molar-refractivity contribution is 5.85. The number of rotatable bonds is 9. The summed E-state index contributed by atoms with van der Waals surface area (Å²) in [5.74, 6) is 1.91. The van der Waals surface area contributed by atoms with Crippen LogP contribution in [0.25, 0.3) is 5.69 Å². The van der Waals surface area contributed by atoms with Crippen molar-refractivity contribution in [2.24, 2.45) is 0 Å². The molecular formula is C23H25ClN6O2. The van der Waals surface area contributed by atoms with E-state index >= 15 is 0 Å². The maximum atomic E-state index is 5.97. The Bertz CT molecular complexity index is 1120. The lowest BCUT2D eigenvalue weighted by atomic mass is 10.2. The molecule has 0 aliphatic heterocycles. The van der Waals surface area contributed by atoms with Gasteiger partial charge in [-0.15, -0.1) is 17.5 Å². The molecule has 2 heterocycles. The fourth-order valence-corrected chi connectivity index (χ4v) is 3.12. The number of nitrogens with zero attached hydrogens (tertiary/aromatic N) is 5. The molecule has 9 heteroatoms. The Morgan fingerprint density at radius 2 is 1.66 bits per heavy atom. The zero-order chi connectivity index (χ0) is 21.5. The molecule has 166 valence electrons. The van der Waals surface area contributed by atoms with E-state index in [-0.39, 0.29) is 19.0 Å². The number of ether oxygens (including phenoxy) is 2. The average Bonchev–Trinajstić information content (AvgIpc) is 3.28. The van der Waals surface area contributed by atoms with Crippen LogP contribution in [-0.4, -0.2) is 32.3 Å². The van der Waals surface area contributed by atoms with Crippen molar-refractivity contribution in [2.45, 2.75) is 26.6 Å². The molecule has 4 rings (SSSR count). The van der Waals surface area contributed by atoms with Crippen molar-refractivity contribution < 1.29 is 9.47 Å². The summed E-state index contributed by atoms with van der Waals surface area (Å²) in [6.07, 6.45) is 3.59. The first kappa shape index (κ1) is 23.2. The van der Waals surface area contributed by atoms with Crippen LogP contribution in [0.4, 0.5) is 0 Å². The number of benzene rings is 2. The van der Waals surface area contributed by atoms with Gasteiger partial charge in [-0.05, 0) is 64.9 Å². The van der Waals surface area contributed by atoms with Gasteiger partial charge in [-0.25, -0.2) is 0 Å². The smallest absolute Gasteiger partial charge is 0.194 e. The van der Waals surface area contributed by atoms with Crippen LogP contribution >= 0.6 is 12.4 Å². The maximum Gasteiger partial charge on any atom is 0.194 e. The molecular weight excluding hydrogens is 428 g/mol. The first-order valence-corrected chi connectivity index (χ1v) is 9.96. The summed E-state index contributed by atoms with van der Waals surface area (Å²) in [6, 6.07) is 17.9. The Labute approximate surface area is 193 Å². The number of nitrogens with one attached hydrogen (secondary N) is 1.